The molecule has 0 bridgehead atoms. The van der Waals surface area contributed by atoms with Crippen LogP contribution in [0.2, 0.25) is 0 Å². The lowest BCUT2D eigenvalue weighted by Crippen LogP contribution is -2.36. The number of hydrogen-bond donors (Lipinski definition) is 1. The zero-order chi connectivity index (χ0) is 16.9. The molecule has 1 aliphatic heterocycles. The summed E-state index contributed by atoms with van der Waals surface area (Å²) < 4.78 is 11.4. The number of rotatable bonds is 6. The van der Waals surface area contributed by atoms with Crippen molar-refractivity contribution in [1.82, 2.24) is 19.9 Å². The lowest BCUT2D eigenvalue weighted by molar-refractivity contribution is 0.0946. The molecular weight excluding hydrogens is 334 g/mol. The van der Waals surface area contributed by atoms with Gasteiger partial charge in [0, 0.05) is 39.5 Å². The van der Waals surface area contributed by atoms with Crippen LogP contribution in [0.3, 0.4) is 0 Å². The van der Waals surface area contributed by atoms with Crippen molar-refractivity contribution in [3.05, 3.63) is 22.1 Å². The number of amides is 1. The average molecular weight is 353 g/mol. The molecule has 130 valence electrons. The largest absolute Gasteiger partial charge is 0.385 e. The highest BCUT2D eigenvalue weighted by Gasteiger charge is 2.19. The number of carbonyl (C=O) groups is 1. The number of hydrogen-bond acceptors (Lipinski definition) is 8. The predicted octanol–water partition coefficient (Wildman–Crippen LogP) is -0.246. The minimum absolute atomic E-state index is 0.0104. The van der Waals surface area contributed by atoms with Gasteiger partial charge in [-0.15, -0.1) is 5.10 Å². The van der Waals surface area contributed by atoms with E-state index in [1.165, 1.54) is 22.0 Å². The Labute approximate surface area is 142 Å². The van der Waals surface area contributed by atoms with Crippen molar-refractivity contribution < 1.29 is 14.3 Å². The molecule has 0 unspecified atom stereocenters. The van der Waals surface area contributed by atoms with Crippen LogP contribution < -0.4 is 15.8 Å². The van der Waals surface area contributed by atoms with Crippen molar-refractivity contribution in [3.8, 4) is 0 Å². The monoisotopic (exact) mass is 353 g/mol. The molecule has 10 heteroatoms. The van der Waals surface area contributed by atoms with Gasteiger partial charge in [-0.05, 0) is 6.42 Å². The molecule has 1 saturated heterocycles. The van der Waals surface area contributed by atoms with Crippen LogP contribution in [0.4, 0.5) is 5.13 Å². The van der Waals surface area contributed by atoms with Crippen LogP contribution in [-0.4, -0.2) is 67.1 Å². The SMILES string of the molecule is COCCCNC(=O)c1cnc2sc(N3CCOCC3)nn2c1=O. The van der Waals surface area contributed by atoms with Gasteiger partial charge in [0.15, 0.2) is 0 Å². The number of aromatic nitrogens is 3. The van der Waals surface area contributed by atoms with Gasteiger partial charge in [0.25, 0.3) is 11.5 Å². The van der Waals surface area contributed by atoms with Gasteiger partial charge < -0.3 is 19.7 Å². The molecule has 1 amide bonds. The minimum atomic E-state index is -0.458. The van der Waals surface area contributed by atoms with E-state index in [9.17, 15) is 9.59 Å². The Morgan fingerprint density at radius 3 is 3.00 bits per heavy atom. The summed E-state index contributed by atoms with van der Waals surface area (Å²) in [5.41, 5.74) is -0.469. The Kier molecular flexibility index (Phi) is 5.38. The van der Waals surface area contributed by atoms with Crippen molar-refractivity contribution in [2.24, 2.45) is 0 Å². The maximum Gasteiger partial charge on any atom is 0.288 e. The molecule has 2 aromatic rings. The third-order valence-corrected chi connectivity index (χ3v) is 4.60. The van der Waals surface area contributed by atoms with E-state index < -0.39 is 11.5 Å². The fourth-order valence-electron chi connectivity index (χ4n) is 2.33. The van der Waals surface area contributed by atoms with E-state index >= 15 is 0 Å². The summed E-state index contributed by atoms with van der Waals surface area (Å²) in [5.74, 6) is -0.445. The molecule has 0 saturated carbocycles. The van der Waals surface area contributed by atoms with Gasteiger partial charge in [-0.3, -0.25) is 9.59 Å². The second-order valence-electron chi connectivity index (χ2n) is 5.26. The number of anilines is 1. The summed E-state index contributed by atoms with van der Waals surface area (Å²) in [4.78, 5) is 31.3. The number of morpholine rings is 1. The molecule has 2 aromatic heterocycles. The lowest BCUT2D eigenvalue weighted by atomic mass is 10.3. The lowest BCUT2D eigenvalue weighted by Gasteiger charge is -2.25. The Morgan fingerprint density at radius 2 is 2.25 bits per heavy atom. The van der Waals surface area contributed by atoms with Crippen LogP contribution in [-0.2, 0) is 9.47 Å². The van der Waals surface area contributed by atoms with E-state index in [4.69, 9.17) is 9.47 Å². The molecule has 9 nitrogen and oxygen atoms in total. The zero-order valence-electron chi connectivity index (χ0n) is 13.4. The number of fused-ring (bicyclic) bond motifs is 1. The first-order valence-electron chi connectivity index (χ1n) is 7.69. The number of nitrogens with zero attached hydrogens (tertiary/aromatic N) is 4. The van der Waals surface area contributed by atoms with Crippen LogP contribution in [0.1, 0.15) is 16.8 Å². The number of carbonyl (C=O) groups excluding carboxylic acids is 1. The van der Waals surface area contributed by atoms with Gasteiger partial charge in [-0.2, -0.15) is 4.52 Å². The van der Waals surface area contributed by atoms with Gasteiger partial charge in [0.05, 0.1) is 13.2 Å². The van der Waals surface area contributed by atoms with Crippen LogP contribution >= 0.6 is 11.3 Å². The van der Waals surface area contributed by atoms with Crippen molar-refractivity contribution in [2.45, 2.75) is 6.42 Å². The summed E-state index contributed by atoms with van der Waals surface area (Å²) in [7, 11) is 1.60. The first-order valence-corrected chi connectivity index (χ1v) is 8.51. The molecular formula is C14H19N5O4S. The van der Waals surface area contributed by atoms with E-state index in [0.29, 0.717) is 42.9 Å². The topological polar surface area (TPSA) is 98.1 Å². The molecule has 3 heterocycles. The van der Waals surface area contributed by atoms with Crippen LogP contribution in [0.15, 0.2) is 11.0 Å². The van der Waals surface area contributed by atoms with Crippen LogP contribution in [0.25, 0.3) is 4.96 Å². The average Bonchev–Trinajstić information content (AvgIpc) is 3.05. The number of methoxy groups -OCH3 is 1. The van der Waals surface area contributed by atoms with Gasteiger partial charge >= 0.3 is 0 Å². The Morgan fingerprint density at radius 1 is 1.46 bits per heavy atom. The van der Waals surface area contributed by atoms with Crippen molar-refractivity contribution in [1.29, 1.82) is 0 Å². The maximum absolute atomic E-state index is 12.5. The normalized spacial score (nSPS) is 15.0. The molecule has 1 N–H and O–H groups in total. The standard InChI is InChI=1S/C14H19N5O4S/c1-22-6-2-3-15-11(20)10-9-16-13-19(12(10)21)17-14(24-13)18-4-7-23-8-5-18/h9H,2-8H2,1H3,(H,15,20). The van der Waals surface area contributed by atoms with Crippen LogP contribution in [0.5, 0.6) is 0 Å². The number of ether oxygens (including phenoxy) is 2. The molecule has 0 aromatic carbocycles. The Bertz CT molecular complexity index is 768. The first kappa shape index (κ1) is 16.8. The molecule has 1 fully saturated rings. The van der Waals surface area contributed by atoms with Crippen LogP contribution in [0, 0.1) is 0 Å². The van der Waals surface area contributed by atoms with E-state index in [1.807, 2.05) is 4.90 Å². The zero-order valence-corrected chi connectivity index (χ0v) is 14.2. The fraction of sp³-hybridized carbons (Fsp3) is 0.571. The molecule has 24 heavy (non-hydrogen) atoms. The molecule has 0 spiro atoms. The summed E-state index contributed by atoms with van der Waals surface area (Å²) >= 11 is 1.33. The summed E-state index contributed by atoms with van der Waals surface area (Å²) in [6.45, 7) is 3.69. The van der Waals surface area contributed by atoms with E-state index in [1.54, 1.807) is 7.11 Å². The third kappa shape index (κ3) is 3.55. The summed E-state index contributed by atoms with van der Waals surface area (Å²) in [6, 6.07) is 0. The van der Waals surface area contributed by atoms with E-state index in [2.05, 4.69) is 15.4 Å². The molecule has 0 atom stereocenters. The Balaban J connectivity index is 1.79. The van der Waals surface area contributed by atoms with Crippen molar-refractivity contribution in [3.63, 3.8) is 0 Å². The minimum Gasteiger partial charge on any atom is -0.385 e. The molecule has 1 aliphatic rings. The molecule has 0 aliphatic carbocycles. The summed E-state index contributed by atoms with van der Waals surface area (Å²) in [6.07, 6.45) is 1.99. The second-order valence-corrected chi connectivity index (χ2v) is 6.19. The van der Waals surface area contributed by atoms with Gasteiger partial charge in [-0.1, -0.05) is 11.3 Å². The maximum atomic E-state index is 12.5. The summed E-state index contributed by atoms with van der Waals surface area (Å²) in [5, 5.41) is 7.71. The highest BCUT2D eigenvalue weighted by atomic mass is 32.1. The third-order valence-electron chi connectivity index (χ3n) is 3.61. The van der Waals surface area contributed by atoms with Crippen molar-refractivity contribution in [2.75, 3.05) is 51.5 Å². The fourth-order valence-corrected chi connectivity index (χ4v) is 3.24. The highest BCUT2D eigenvalue weighted by Crippen LogP contribution is 2.21. The van der Waals surface area contributed by atoms with E-state index in [-0.39, 0.29) is 5.56 Å². The highest BCUT2D eigenvalue weighted by molar-refractivity contribution is 7.20. The van der Waals surface area contributed by atoms with Gasteiger partial charge in [-0.25, -0.2) is 4.98 Å². The quantitative estimate of drug-likeness (QED) is 0.715. The molecule has 0 radical (unpaired) electrons. The number of nitrogens with one attached hydrogen (secondary N) is 1. The van der Waals surface area contributed by atoms with E-state index in [0.717, 1.165) is 13.1 Å². The van der Waals surface area contributed by atoms with Crippen molar-refractivity contribution >= 4 is 27.3 Å². The molecule has 3 rings (SSSR count). The second kappa shape index (κ2) is 7.69. The van der Waals surface area contributed by atoms with Gasteiger partial charge in [0.1, 0.15) is 5.56 Å². The van der Waals surface area contributed by atoms with Gasteiger partial charge in [0.2, 0.25) is 10.1 Å². The predicted molar refractivity (Wildman–Crippen MR) is 89.0 cm³/mol. The first-order chi connectivity index (χ1) is 11.7. The Hall–Kier alpha value is -2.04. The smallest absolute Gasteiger partial charge is 0.288 e.